The van der Waals surface area contributed by atoms with Gasteiger partial charge in [-0.25, -0.2) is 0 Å². The number of ketones is 1. The molecule has 1 heterocycles. The third-order valence-electron chi connectivity index (χ3n) is 5.00. The van der Waals surface area contributed by atoms with E-state index >= 15 is 0 Å². The van der Waals surface area contributed by atoms with Crippen molar-refractivity contribution in [2.45, 2.75) is 6.04 Å². The lowest BCUT2D eigenvalue weighted by atomic mass is 9.95. The smallest absolute Gasteiger partial charge is 0.300 e. The van der Waals surface area contributed by atoms with Crippen molar-refractivity contribution in [3.63, 3.8) is 0 Å². The fourth-order valence-electron chi connectivity index (χ4n) is 3.57. The van der Waals surface area contributed by atoms with E-state index in [0.29, 0.717) is 11.1 Å². The second-order valence-electron chi connectivity index (χ2n) is 6.86. The fourth-order valence-corrected chi connectivity index (χ4v) is 3.83. The van der Waals surface area contributed by atoms with Crippen LogP contribution in [0.3, 0.4) is 0 Å². The van der Waals surface area contributed by atoms with E-state index in [1.807, 2.05) is 0 Å². The summed E-state index contributed by atoms with van der Waals surface area (Å²) in [5.41, 5.74) is 0.867. The number of carbonyl (C=O) groups excluding carboxylic acids is 2. The molecular formula is C23H15BrN2O5. The third-order valence-corrected chi connectivity index (χ3v) is 5.52. The molecule has 0 spiro atoms. The summed E-state index contributed by atoms with van der Waals surface area (Å²) in [4.78, 5) is 37.9. The van der Waals surface area contributed by atoms with Gasteiger partial charge in [-0.05, 0) is 23.8 Å². The number of carbonyl (C=O) groups is 2. The third kappa shape index (κ3) is 3.73. The Morgan fingerprint density at radius 1 is 0.968 bits per heavy atom. The van der Waals surface area contributed by atoms with E-state index in [1.54, 1.807) is 54.6 Å². The summed E-state index contributed by atoms with van der Waals surface area (Å²) in [5, 5.41) is 22.2. The van der Waals surface area contributed by atoms with E-state index in [4.69, 9.17) is 0 Å². The lowest BCUT2D eigenvalue weighted by Gasteiger charge is -2.25. The molecule has 0 aliphatic carbocycles. The van der Waals surface area contributed by atoms with Gasteiger partial charge in [-0.1, -0.05) is 64.5 Å². The van der Waals surface area contributed by atoms with Crippen LogP contribution in [-0.2, 0) is 9.59 Å². The first-order valence-electron chi connectivity index (χ1n) is 9.25. The Labute approximate surface area is 185 Å². The standard InChI is InChI=1S/C23H15BrN2O5/c24-16-11-9-14(10-12-16)20-19(21(27)15-5-2-1-3-6-15)22(28)23(29)25(20)17-7-4-8-18(13-17)26(30)31/h1-13,20,27H/t20-/m0/s1. The lowest BCUT2D eigenvalue weighted by Crippen LogP contribution is -2.29. The van der Waals surface area contributed by atoms with Crippen molar-refractivity contribution in [1.29, 1.82) is 0 Å². The molecule has 1 atom stereocenters. The predicted molar refractivity (Wildman–Crippen MR) is 118 cm³/mol. The van der Waals surface area contributed by atoms with Gasteiger partial charge >= 0.3 is 0 Å². The summed E-state index contributed by atoms with van der Waals surface area (Å²) in [6.07, 6.45) is 0. The minimum Gasteiger partial charge on any atom is -0.507 e. The molecule has 8 heteroatoms. The molecule has 154 valence electrons. The van der Waals surface area contributed by atoms with Crippen molar-refractivity contribution in [1.82, 2.24) is 0 Å². The molecule has 1 fully saturated rings. The van der Waals surface area contributed by atoms with Gasteiger partial charge in [0.25, 0.3) is 17.4 Å². The maximum Gasteiger partial charge on any atom is 0.300 e. The minimum absolute atomic E-state index is 0.0787. The highest BCUT2D eigenvalue weighted by Gasteiger charge is 2.47. The number of hydrogen-bond donors (Lipinski definition) is 1. The maximum atomic E-state index is 13.0. The van der Waals surface area contributed by atoms with Crippen molar-refractivity contribution in [3.8, 4) is 0 Å². The summed E-state index contributed by atoms with van der Waals surface area (Å²) in [6, 6.07) is 20.0. The van der Waals surface area contributed by atoms with Gasteiger partial charge in [0.15, 0.2) is 0 Å². The molecule has 0 aromatic heterocycles. The summed E-state index contributed by atoms with van der Waals surface area (Å²) < 4.78 is 0.798. The number of aliphatic hydroxyl groups is 1. The van der Waals surface area contributed by atoms with Crippen LogP contribution in [0.25, 0.3) is 5.76 Å². The number of nitro benzene ring substituents is 1. The number of non-ortho nitro benzene ring substituents is 1. The van der Waals surface area contributed by atoms with Crippen LogP contribution in [0.2, 0.25) is 0 Å². The number of anilines is 1. The molecule has 4 rings (SSSR count). The number of hydrogen-bond acceptors (Lipinski definition) is 5. The molecular weight excluding hydrogens is 464 g/mol. The SMILES string of the molecule is O=C1C(=O)N(c2cccc([N+](=O)[O-])c2)[C@@H](c2ccc(Br)cc2)C1=C(O)c1ccccc1. The van der Waals surface area contributed by atoms with Crippen molar-refractivity contribution in [3.05, 3.63) is 110 Å². The van der Waals surface area contributed by atoms with Gasteiger partial charge in [0.05, 0.1) is 22.2 Å². The van der Waals surface area contributed by atoms with E-state index in [2.05, 4.69) is 15.9 Å². The van der Waals surface area contributed by atoms with Crippen LogP contribution in [0, 0.1) is 10.1 Å². The number of aliphatic hydroxyl groups excluding tert-OH is 1. The predicted octanol–water partition coefficient (Wildman–Crippen LogP) is 4.98. The second-order valence-corrected chi connectivity index (χ2v) is 7.78. The number of benzene rings is 3. The molecule has 0 saturated carbocycles. The second kappa shape index (κ2) is 8.16. The Bertz CT molecular complexity index is 1220. The zero-order valence-corrected chi connectivity index (χ0v) is 17.5. The van der Waals surface area contributed by atoms with Crippen molar-refractivity contribution in [2.24, 2.45) is 0 Å². The number of nitrogens with zero attached hydrogens (tertiary/aromatic N) is 2. The number of rotatable bonds is 4. The van der Waals surface area contributed by atoms with Crippen LogP contribution >= 0.6 is 15.9 Å². The van der Waals surface area contributed by atoms with Crippen molar-refractivity contribution in [2.75, 3.05) is 4.90 Å². The normalized spacial score (nSPS) is 17.7. The van der Waals surface area contributed by atoms with E-state index in [-0.39, 0.29) is 22.7 Å². The van der Waals surface area contributed by atoms with E-state index < -0.39 is 22.7 Å². The summed E-state index contributed by atoms with van der Waals surface area (Å²) >= 11 is 3.36. The highest BCUT2D eigenvalue weighted by molar-refractivity contribution is 9.10. The zero-order chi connectivity index (χ0) is 22.1. The van der Waals surface area contributed by atoms with Gasteiger partial charge in [-0.3, -0.25) is 24.6 Å². The average Bonchev–Trinajstić information content (AvgIpc) is 3.05. The Morgan fingerprint density at radius 3 is 2.29 bits per heavy atom. The summed E-state index contributed by atoms with van der Waals surface area (Å²) in [7, 11) is 0. The zero-order valence-electron chi connectivity index (χ0n) is 15.9. The molecule has 7 nitrogen and oxygen atoms in total. The Morgan fingerprint density at radius 2 is 1.65 bits per heavy atom. The number of halogens is 1. The number of Topliss-reactive ketones (excluding diaryl/α,β-unsaturated/α-hetero) is 1. The molecule has 1 aliphatic heterocycles. The van der Waals surface area contributed by atoms with Crippen LogP contribution in [0.15, 0.2) is 88.9 Å². The van der Waals surface area contributed by atoms with Crippen LogP contribution < -0.4 is 4.90 Å². The quantitative estimate of drug-likeness (QED) is 0.187. The molecule has 0 radical (unpaired) electrons. The highest BCUT2D eigenvalue weighted by atomic mass is 79.9. The van der Waals surface area contributed by atoms with Crippen LogP contribution in [0.1, 0.15) is 17.2 Å². The molecule has 1 saturated heterocycles. The van der Waals surface area contributed by atoms with Gasteiger partial charge in [0.2, 0.25) is 0 Å². The number of nitro groups is 1. The van der Waals surface area contributed by atoms with Crippen molar-refractivity contribution < 1.29 is 19.6 Å². The first-order valence-corrected chi connectivity index (χ1v) is 10.0. The van der Waals surface area contributed by atoms with Crippen LogP contribution in [-0.4, -0.2) is 21.7 Å². The van der Waals surface area contributed by atoms with Gasteiger partial charge in [-0.2, -0.15) is 0 Å². The Balaban J connectivity index is 1.95. The molecule has 0 unspecified atom stereocenters. The Kier molecular flexibility index (Phi) is 5.39. The van der Waals surface area contributed by atoms with Crippen LogP contribution in [0.5, 0.6) is 0 Å². The molecule has 3 aromatic rings. The Hall–Kier alpha value is -3.78. The molecule has 0 bridgehead atoms. The van der Waals surface area contributed by atoms with E-state index in [9.17, 15) is 24.8 Å². The van der Waals surface area contributed by atoms with Gasteiger partial charge in [-0.15, -0.1) is 0 Å². The lowest BCUT2D eigenvalue weighted by molar-refractivity contribution is -0.384. The molecule has 1 amide bonds. The van der Waals surface area contributed by atoms with Gasteiger partial charge in [0.1, 0.15) is 5.76 Å². The van der Waals surface area contributed by atoms with Crippen LogP contribution in [0.4, 0.5) is 11.4 Å². The minimum atomic E-state index is -0.949. The summed E-state index contributed by atoms with van der Waals surface area (Å²) in [6.45, 7) is 0. The number of amides is 1. The van der Waals surface area contributed by atoms with Gasteiger partial charge < -0.3 is 5.11 Å². The van der Waals surface area contributed by atoms with Crippen molar-refractivity contribution >= 4 is 44.8 Å². The largest absolute Gasteiger partial charge is 0.507 e. The first-order chi connectivity index (χ1) is 14.9. The monoisotopic (exact) mass is 478 g/mol. The molecule has 3 aromatic carbocycles. The van der Waals surface area contributed by atoms with E-state index in [1.165, 1.54) is 29.2 Å². The van der Waals surface area contributed by atoms with E-state index in [0.717, 1.165) is 4.47 Å². The topological polar surface area (TPSA) is 101 Å². The summed E-state index contributed by atoms with van der Waals surface area (Å²) in [5.74, 6) is -2.04. The fraction of sp³-hybridized carbons (Fsp3) is 0.0435. The highest BCUT2D eigenvalue weighted by Crippen LogP contribution is 2.42. The maximum absolute atomic E-state index is 13.0. The first kappa shape index (κ1) is 20.5. The molecule has 1 aliphatic rings. The molecule has 31 heavy (non-hydrogen) atoms. The van der Waals surface area contributed by atoms with Gasteiger partial charge in [0, 0.05) is 22.2 Å². The average molecular weight is 479 g/mol. The molecule has 1 N–H and O–H groups in total.